The molecule has 6 aromatic rings. The zero-order valence-electron chi connectivity index (χ0n) is 20.4. The maximum absolute atomic E-state index is 2.23. The van der Waals surface area contributed by atoms with Crippen LogP contribution in [0.1, 0.15) is 0 Å². The molecule has 0 N–H and O–H groups in total. The van der Waals surface area contributed by atoms with E-state index in [-0.39, 0.29) is 29.6 Å². The van der Waals surface area contributed by atoms with Crippen molar-refractivity contribution in [2.45, 2.75) is 0 Å². The molecule has 0 bridgehead atoms. The van der Waals surface area contributed by atoms with Gasteiger partial charge in [0.2, 0.25) is 0 Å². The zero-order valence-corrected chi connectivity index (χ0v) is 22.4. The smallest absolute Gasteiger partial charge is 0.0999 e. The predicted molar refractivity (Wildman–Crippen MR) is 149 cm³/mol. The summed E-state index contributed by atoms with van der Waals surface area (Å²) in [4.78, 5) is 0. The van der Waals surface area contributed by atoms with Crippen molar-refractivity contribution in [1.29, 1.82) is 0 Å². The topological polar surface area (TPSA) is 0 Å². The van der Waals surface area contributed by atoms with E-state index in [1.165, 1.54) is 55.6 Å². The Hall–Kier alpha value is -3.55. The van der Waals surface area contributed by atoms with Gasteiger partial charge in [0.25, 0.3) is 0 Å². The third kappa shape index (κ3) is 4.52. The average Bonchev–Trinajstić information content (AvgIpc) is 3.32. The van der Waals surface area contributed by atoms with Crippen LogP contribution in [0.25, 0.3) is 55.6 Å². The minimum atomic E-state index is 0. The molecule has 6 aromatic carbocycles. The molecule has 0 fully saturated rings. The van der Waals surface area contributed by atoms with Crippen molar-refractivity contribution in [3.8, 4) is 55.6 Å². The summed E-state index contributed by atoms with van der Waals surface area (Å²) in [5, 5.41) is 0. The number of benzene rings is 5. The summed E-state index contributed by atoms with van der Waals surface area (Å²) in [7, 11) is 0. The van der Waals surface area contributed by atoms with Crippen LogP contribution in [0.4, 0.5) is 0 Å². The van der Waals surface area contributed by atoms with Crippen LogP contribution in [0.3, 0.4) is 0 Å². The van der Waals surface area contributed by atoms with Crippen LogP contribution in [-0.4, -0.2) is 0 Å². The normalized spacial score (nSPS) is 10.6. The second kappa shape index (κ2) is 11.0. The van der Waals surface area contributed by atoms with Gasteiger partial charge in [0, 0.05) is 0 Å². The molecule has 166 valence electrons. The van der Waals surface area contributed by atoms with Gasteiger partial charge in [-0.2, -0.15) is 0 Å². The van der Waals surface area contributed by atoms with Crippen molar-refractivity contribution in [3.63, 3.8) is 0 Å². The van der Waals surface area contributed by atoms with Crippen LogP contribution in [0, 0.1) is 0 Å². The molecule has 0 spiro atoms. The summed E-state index contributed by atoms with van der Waals surface area (Å²) in [5.74, 6) is 0. The van der Waals surface area contributed by atoms with E-state index >= 15 is 0 Å². The molecule has 0 aliphatic rings. The van der Waals surface area contributed by atoms with Crippen molar-refractivity contribution >= 4 is 0 Å². The number of hydrogen-bond donors (Lipinski definition) is 0. The minimum Gasteiger partial charge on any atom is -0.0999 e. The first-order valence-electron chi connectivity index (χ1n) is 12.1. The first-order valence-corrected chi connectivity index (χ1v) is 12.1. The van der Waals surface area contributed by atoms with Gasteiger partial charge in [-0.15, -0.1) is 0 Å². The summed E-state index contributed by atoms with van der Waals surface area (Å²) >= 11 is 0. The summed E-state index contributed by atoms with van der Waals surface area (Å²) in [6.45, 7) is 0. The van der Waals surface area contributed by atoms with E-state index in [1.807, 2.05) is 0 Å². The molecule has 0 atom stereocenters. The fourth-order valence-electron chi connectivity index (χ4n) is 5.09. The molecular weight excluding hydrogens is 443 g/mol. The molecule has 6 rings (SSSR count). The number of rotatable bonds is 5. The van der Waals surface area contributed by atoms with E-state index in [2.05, 4.69) is 152 Å². The quantitative estimate of drug-likeness (QED) is 0.194. The molecule has 0 radical (unpaired) electrons. The maximum Gasteiger partial charge on any atom is 1.00 e. The average molecular weight is 469 g/mol. The van der Waals surface area contributed by atoms with Crippen LogP contribution < -0.4 is 29.6 Å². The molecular formula is C35H25Na. The summed E-state index contributed by atoms with van der Waals surface area (Å²) < 4.78 is 0. The monoisotopic (exact) mass is 468 g/mol. The van der Waals surface area contributed by atoms with Crippen LogP contribution in [-0.2, 0) is 0 Å². The molecule has 0 saturated carbocycles. The van der Waals surface area contributed by atoms with Crippen LogP contribution >= 0.6 is 0 Å². The minimum absolute atomic E-state index is 0. The van der Waals surface area contributed by atoms with E-state index < -0.39 is 0 Å². The first-order chi connectivity index (χ1) is 17.4. The van der Waals surface area contributed by atoms with Gasteiger partial charge in [0.05, 0.1) is 0 Å². The molecule has 0 amide bonds. The van der Waals surface area contributed by atoms with Crippen molar-refractivity contribution in [2.24, 2.45) is 0 Å². The molecule has 0 nitrogen and oxygen atoms in total. The van der Waals surface area contributed by atoms with Gasteiger partial charge in [0.15, 0.2) is 0 Å². The first kappa shape index (κ1) is 24.2. The van der Waals surface area contributed by atoms with Crippen molar-refractivity contribution in [3.05, 3.63) is 152 Å². The SMILES string of the molecule is [Na+].c1ccc(-c2c(-c3ccccc3)c(-c3ccccc3)[c-](-c3ccccc3)c2-c2ccccc2)cc1. The number of hydrogen-bond acceptors (Lipinski definition) is 0. The van der Waals surface area contributed by atoms with Gasteiger partial charge in [-0.25, -0.2) is 0 Å². The molecule has 0 unspecified atom stereocenters. The van der Waals surface area contributed by atoms with Gasteiger partial charge in [-0.1, -0.05) is 196 Å². The molecule has 36 heavy (non-hydrogen) atoms. The molecule has 0 aromatic heterocycles. The van der Waals surface area contributed by atoms with E-state index in [1.54, 1.807) is 0 Å². The molecule has 0 saturated heterocycles. The molecule has 0 aliphatic carbocycles. The summed E-state index contributed by atoms with van der Waals surface area (Å²) in [5.41, 5.74) is 12.5. The Balaban J connectivity index is 0.00000267. The van der Waals surface area contributed by atoms with E-state index in [0.29, 0.717) is 0 Å². The Morgan fingerprint density at radius 1 is 0.306 bits per heavy atom. The van der Waals surface area contributed by atoms with Gasteiger partial charge >= 0.3 is 29.6 Å². The zero-order chi connectivity index (χ0) is 23.5. The Kier molecular flexibility index (Phi) is 7.39. The van der Waals surface area contributed by atoms with Crippen molar-refractivity contribution in [1.82, 2.24) is 0 Å². The standard InChI is InChI=1S/C35H25.Na/c1-6-16-26(17-7-1)31-32(27-18-8-2-9-19-27)34(29-22-12-4-13-23-29)35(30-24-14-5-15-25-30)33(31)28-20-10-3-11-21-28;/h1-25H;/q-1;+1. The molecule has 1 heteroatoms. The van der Waals surface area contributed by atoms with Gasteiger partial charge < -0.3 is 0 Å². The van der Waals surface area contributed by atoms with Crippen molar-refractivity contribution in [2.75, 3.05) is 0 Å². The fraction of sp³-hybridized carbons (Fsp3) is 0. The summed E-state index contributed by atoms with van der Waals surface area (Å²) in [6, 6.07) is 54.1. The third-order valence-corrected chi connectivity index (χ3v) is 6.56. The Labute approximate surface area is 235 Å². The van der Waals surface area contributed by atoms with Crippen LogP contribution in [0.5, 0.6) is 0 Å². The predicted octanol–water partition coefficient (Wildman–Crippen LogP) is 6.74. The van der Waals surface area contributed by atoms with Gasteiger partial charge in [-0.05, 0) is 11.1 Å². The van der Waals surface area contributed by atoms with Crippen LogP contribution in [0.15, 0.2) is 152 Å². The Morgan fingerprint density at radius 2 is 0.583 bits per heavy atom. The van der Waals surface area contributed by atoms with Crippen LogP contribution in [0.2, 0.25) is 0 Å². The van der Waals surface area contributed by atoms with E-state index in [4.69, 9.17) is 0 Å². The maximum atomic E-state index is 2.23. The van der Waals surface area contributed by atoms with E-state index in [9.17, 15) is 0 Å². The third-order valence-electron chi connectivity index (χ3n) is 6.56. The Morgan fingerprint density at radius 3 is 0.917 bits per heavy atom. The molecule has 0 aliphatic heterocycles. The van der Waals surface area contributed by atoms with Gasteiger partial charge in [-0.3, -0.25) is 0 Å². The van der Waals surface area contributed by atoms with E-state index in [0.717, 1.165) is 0 Å². The Bertz CT molecular complexity index is 1240. The largest absolute Gasteiger partial charge is 1.00 e. The molecule has 0 heterocycles. The van der Waals surface area contributed by atoms with Gasteiger partial charge in [0.1, 0.15) is 0 Å². The second-order valence-electron chi connectivity index (χ2n) is 8.71. The van der Waals surface area contributed by atoms with Crippen molar-refractivity contribution < 1.29 is 29.6 Å². The second-order valence-corrected chi connectivity index (χ2v) is 8.71. The fourth-order valence-corrected chi connectivity index (χ4v) is 5.09. The summed E-state index contributed by atoms with van der Waals surface area (Å²) in [6.07, 6.45) is 0.